The van der Waals surface area contributed by atoms with Crippen LogP contribution in [0, 0.1) is 0 Å². The van der Waals surface area contributed by atoms with Crippen molar-refractivity contribution < 1.29 is 28.7 Å². The summed E-state index contributed by atoms with van der Waals surface area (Å²) in [6.45, 7) is 5.57. The zero-order valence-electron chi connectivity index (χ0n) is 32.3. The molecule has 1 unspecified atom stereocenters. The van der Waals surface area contributed by atoms with Gasteiger partial charge in [-0.15, -0.1) is 0 Å². The fourth-order valence-corrected chi connectivity index (χ4v) is 7.02. The normalized spacial score (nSPS) is 14.9. The van der Waals surface area contributed by atoms with Gasteiger partial charge in [0.15, 0.2) is 0 Å². The lowest BCUT2D eigenvalue weighted by Crippen LogP contribution is -2.36. The number of hydroxylamine groups is 2. The standard InChI is InChI=1S/C45H52N4O6/c1-45(2,53-4)25-27-55-48(3)31-47-42(50)19-11-12-32-20-23-38-36-16-8-9-17-37(36)40(39(38)28-32)30-54-44(52)46-26-24-43(51)49-29-35-15-6-5-13-33(35)21-22-34-14-7-10-18-41(34)49/h5-10,13-18,20-23,28,40H,11-12,19,24-27,29-31H2,1-4H3,(H,46,52)(H,47,50)/b22-21-. The fraction of sp³-hybridized carbons (Fsp3) is 0.356. The number of para-hydroxylation sites is 1. The number of fused-ring (bicyclic) bond motifs is 5. The molecule has 2 N–H and O–H groups in total. The molecule has 1 heterocycles. The van der Waals surface area contributed by atoms with Crippen molar-refractivity contribution in [3.8, 4) is 11.1 Å². The lowest BCUT2D eigenvalue weighted by atomic mass is 9.95. The Kier molecular flexibility index (Phi) is 13.2. The minimum absolute atomic E-state index is 0.0330. The molecule has 10 heteroatoms. The van der Waals surface area contributed by atoms with Crippen LogP contribution < -0.4 is 15.5 Å². The first-order valence-electron chi connectivity index (χ1n) is 19.1. The summed E-state index contributed by atoms with van der Waals surface area (Å²) in [6, 6.07) is 30.5. The number of ether oxygens (including phenoxy) is 2. The number of hydrogen-bond acceptors (Lipinski definition) is 7. The molecule has 0 bridgehead atoms. The number of methoxy groups -OCH3 is 1. The van der Waals surface area contributed by atoms with E-state index in [-0.39, 0.29) is 42.9 Å². The summed E-state index contributed by atoms with van der Waals surface area (Å²) in [5, 5.41) is 7.35. The highest BCUT2D eigenvalue weighted by atomic mass is 16.7. The minimum atomic E-state index is -0.558. The maximum Gasteiger partial charge on any atom is 0.407 e. The molecule has 0 spiro atoms. The van der Waals surface area contributed by atoms with Crippen LogP contribution in [0.4, 0.5) is 10.5 Å². The van der Waals surface area contributed by atoms with Gasteiger partial charge in [-0.1, -0.05) is 97.1 Å². The molecule has 0 radical (unpaired) electrons. The number of benzene rings is 4. The van der Waals surface area contributed by atoms with Gasteiger partial charge in [0.1, 0.15) is 6.61 Å². The summed E-state index contributed by atoms with van der Waals surface area (Å²) in [4.78, 5) is 46.7. The van der Waals surface area contributed by atoms with Crippen LogP contribution in [0.1, 0.15) is 78.8 Å². The molecule has 0 saturated carbocycles. The topological polar surface area (TPSA) is 109 Å². The quantitative estimate of drug-likeness (QED) is 0.0894. The van der Waals surface area contributed by atoms with Gasteiger partial charge in [-0.05, 0) is 77.3 Å². The van der Waals surface area contributed by atoms with E-state index in [1.807, 2.05) is 74.5 Å². The molecular formula is C45H52N4O6. The predicted octanol–water partition coefficient (Wildman–Crippen LogP) is 7.71. The SMILES string of the molecule is COC(C)(C)CCON(C)CNC(=O)CCCc1ccc2c(c1)C(COC(=O)NCCC(=O)N1Cc3ccccc3/C=C\c3ccccc31)c1ccccc1-2. The Morgan fingerprint density at radius 3 is 2.42 bits per heavy atom. The third-order valence-electron chi connectivity index (χ3n) is 10.4. The van der Waals surface area contributed by atoms with Crippen molar-refractivity contribution in [2.24, 2.45) is 0 Å². The summed E-state index contributed by atoms with van der Waals surface area (Å²) in [7, 11) is 3.48. The molecular weight excluding hydrogens is 693 g/mol. The van der Waals surface area contributed by atoms with Gasteiger partial charge < -0.3 is 25.0 Å². The van der Waals surface area contributed by atoms with E-state index in [0.717, 1.165) is 63.0 Å². The van der Waals surface area contributed by atoms with E-state index in [1.54, 1.807) is 24.1 Å². The molecule has 55 heavy (non-hydrogen) atoms. The van der Waals surface area contributed by atoms with Crippen LogP contribution in [0.5, 0.6) is 0 Å². The summed E-state index contributed by atoms with van der Waals surface area (Å²) < 4.78 is 11.2. The minimum Gasteiger partial charge on any atom is -0.449 e. The molecule has 0 fully saturated rings. The van der Waals surface area contributed by atoms with Crippen LogP contribution in [-0.2, 0) is 36.9 Å². The van der Waals surface area contributed by atoms with E-state index in [1.165, 1.54) is 0 Å². The monoisotopic (exact) mass is 744 g/mol. The van der Waals surface area contributed by atoms with E-state index < -0.39 is 6.09 Å². The summed E-state index contributed by atoms with van der Waals surface area (Å²) in [5.41, 5.74) is 9.27. The maximum absolute atomic E-state index is 13.6. The number of hydrogen-bond donors (Lipinski definition) is 2. The van der Waals surface area contributed by atoms with Gasteiger partial charge in [0, 0.05) is 45.9 Å². The van der Waals surface area contributed by atoms with Gasteiger partial charge in [0.2, 0.25) is 11.8 Å². The molecule has 1 atom stereocenters. The number of nitrogens with one attached hydrogen (secondary N) is 2. The highest BCUT2D eigenvalue weighted by Gasteiger charge is 2.30. The molecule has 10 nitrogen and oxygen atoms in total. The first-order chi connectivity index (χ1) is 26.6. The summed E-state index contributed by atoms with van der Waals surface area (Å²) in [6.07, 6.45) is 6.25. The predicted molar refractivity (Wildman–Crippen MR) is 216 cm³/mol. The third-order valence-corrected chi connectivity index (χ3v) is 10.4. The molecule has 6 rings (SSSR count). The van der Waals surface area contributed by atoms with E-state index in [4.69, 9.17) is 14.3 Å². The first-order valence-corrected chi connectivity index (χ1v) is 19.1. The van der Waals surface area contributed by atoms with Crippen LogP contribution in [0.25, 0.3) is 23.3 Å². The maximum atomic E-state index is 13.6. The Morgan fingerprint density at radius 2 is 1.58 bits per heavy atom. The van der Waals surface area contributed by atoms with Crippen molar-refractivity contribution in [2.45, 2.75) is 64.0 Å². The van der Waals surface area contributed by atoms with Crippen LogP contribution in [0.15, 0.2) is 91.0 Å². The average molecular weight is 745 g/mol. The van der Waals surface area contributed by atoms with Gasteiger partial charge >= 0.3 is 6.09 Å². The lowest BCUT2D eigenvalue weighted by molar-refractivity contribution is -0.160. The number of anilines is 1. The molecule has 288 valence electrons. The molecule has 3 amide bonds. The largest absolute Gasteiger partial charge is 0.449 e. The third kappa shape index (κ3) is 10.3. The van der Waals surface area contributed by atoms with Crippen molar-refractivity contribution in [3.63, 3.8) is 0 Å². The Balaban J connectivity index is 0.990. The number of rotatable bonds is 16. The molecule has 0 saturated heterocycles. The second-order valence-electron chi connectivity index (χ2n) is 14.7. The van der Waals surface area contributed by atoms with Crippen molar-refractivity contribution in [2.75, 3.05) is 45.5 Å². The van der Waals surface area contributed by atoms with Crippen LogP contribution in [0.2, 0.25) is 0 Å². The van der Waals surface area contributed by atoms with Crippen molar-refractivity contribution >= 4 is 35.7 Å². The molecule has 4 aromatic carbocycles. The molecule has 1 aliphatic heterocycles. The van der Waals surface area contributed by atoms with E-state index >= 15 is 0 Å². The Hall–Kier alpha value is -5.29. The molecule has 2 aliphatic rings. The van der Waals surface area contributed by atoms with E-state index in [9.17, 15) is 14.4 Å². The van der Waals surface area contributed by atoms with Gasteiger partial charge in [0.25, 0.3) is 0 Å². The zero-order valence-corrected chi connectivity index (χ0v) is 32.3. The van der Waals surface area contributed by atoms with Crippen molar-refractivity contribution in [1.82, 2.24) is 15.7 Å². The molecule has 0 aromatic heterocycles. The number of amides is 3. The number of aryl methyl sites for hydroxylation is 1. The van der Waals surface area contributed by atoms with E-state index in [2.05, 4.69) is 53.1 Å². The Morgan fingerprint density at radius 1 is 0.855 bits per heavy atom. The highest BCUT2D eigenvalue weighted by molar-refractivity contribution is 5.97. The second kappa shape index (κ2) is 18.4. The zero-order chi connectivity index (χ0) is 38.8. The Labute approximate surface area is 324 Å². The van der Waals surface area contributed by atoms with Crippen LogP contribution in [-0.4, -0.2) is 69.2 Å². The van der Waals surface area contributed by atoms with Gasteiger partial charge in [-0.2, -0.15) is 5.06 Å². The van der Waals surface area contributed by atoms with Crippen molar-refractivity contribution in [1.29, 1.82) is 0 Å². The van der Waals surface area contributed by atoms with Gasteiger partial charge in [-0.25, -0.2) is 4.79 Å². The number of carbonyl (C=O) groups is 3. The number of nitrogens with zero attached hydrogens (tertiary/aromatic N) is 2. The van der Waals surface area contributed by atoms with Crippen LogP contribution >= 0.6 is 0 Å². The fourth-order valence-electron chi connectivity index (χ4n) is 7.02. The highest BCUT2D eigenvalue weighted by Crippen LogP contribution is 2.45. The van der Waals surface area contributed by atoms with Gasteiger partial charge in [0.05, 0.1) is 31.1 Å². The molecule has 4 aromatic rings. The second-order valence-corrected chi connectivity index (χ2v) is 14.7. The average Bonchev–Trinajstić information content (AvgIpc) is 3.49. The number of carbonyl (C=O) groups excluding carboxylic acids is 3. The summed E-state index contributed by atoms with van der Waals surface area (Å²) in [5.74, 6) is -0.243. The molecule has 1 aliphatic carbocycles. The lowest BCUT2D eigenvalue weighted by Gasteiger charge is -2.27. The number of alkyl carbamates (subject to hydrolysis) is 1. The Bertz CT molecular complexity index is 2010. The van der Waals surface area contributed by atoms with Crippen molar-refractivity contribution in [3.05, 3.63) is 124 Å². The van der Waals surface area contributed by atoms with E-state index in [0.29, 0.717) is 32.7 Å². The smallest absolute Gasteiger partial charge is 0.407 e. The summed E-state index contributed by atoms with van der Waals surface area (Å²) >= 11 is 0. The first kappa shape index (κ1) is 39.4. The van der Waals surface area contributed by atoms with Crippen LogP contribution in [0.3, 0.4) is 0 Å². The van der Waals surface area contributed by atoms with Gasteiger partial charge in [-0.3, -0.25) is 14.4 Å².